The number of anilines is 1. The Morgan fingerprint density at radius 3 is 2.48 bits per heavy atom. The van der Waals surface area contributed by atoms with Gasteiger partial charge in [-0.25, -0.2) is 0 Å². The van der Waals surface area contributed by atoms with Crippen LogP contribution in [0.4, 0.5) is 5.69 Å². The van der Waals surface area contributed by atoms with Gasteiger partial charge in [-0.3, -0.25) is 4.79 Å². The summed E-state index contributed by atoms with van der Waals surface area (Å²) in [7, 11) is 0. The van der Waals surface area contributed by atoms with E-state index in [2.05, 4.69) is 31.3 Å². The van der Waals surface area contributed by atoms with Crippen LogP contribution in [0.2, 0.25) is 5.02 Å². The van der Waals surface area contributed by atoms with Crippen molar-refractivity contribution < 1.29 is 4.79 Å². The first kappa shape index (κ1) is 15.3. The molecule has 21 heavy (non-hydrogen) atoms. The Morgan fingerprint density at radius 1 is 1.14 bits per heavy atom. The number of hydrogen-bond donors (Lipinski definition) is 1. The van der Waals surface area contributed by atoms with Gasteiger partial charge in [0, 0.05) is 16.8 Å². The van der Waals surface area contributed by atoms with Crippen molar-refractivity contribution in [3.63, 3.8) is 0 Å². The minimum absolute atomic E-state index is 0.176. The fourth-order valence-electron chi connectivity index (χ4n) is 1.91. The Bertz CT molecular complexity index is 645. The van der Waals surface area contributed by atoms with Gasteiger partial charge in [0.05, 0.1) is 0 Å². The third-order valence-electron chi connectivity index (χ3n) is 3.12. The molecule has 0 radical (unpaired) electrons. The van der Waals surface area contributed by atoms with Crippen LogP contribution in [0.15, 0.2) is 54.6 Å². The third kappa shape index (κ3) is 4.76. The molecule has 0 unspecified atom stereocenters. The van der Waals surface area contributed by atoms with Crippen LogP contribution in [-0.4, -0.2) is 5.91 Å². The van der Waals surface area contributed by atoms with Crippen molar-refractivity contribution in [3.05, 3.63) is 70.8 Å². The molecule has 1 N–H and O–H groups in total. The summed E-state index contributed by atoms with van der Waals surface area (Å²) in [5.41, 5.74) is 2.98. The zero-order valence-corrected chi connectivity index (χ0v) is 12.9. The summed E-state index contributed by atoms with van der Waals surface area (Å²) in [4.78, 5) is 11.8. The van der Waals surface area contributed by atoms with Crippen molar-refractivity contribution in [3.8, 4) is 0 Å². The monoisotopic (exact) mass is 299 g/mol. The first-order valence-electron chi connectivity index (χ1n) is 6.89. The maximum Gasteiger partial charge on any atom is 0.248 e. The lowest BCUT2D eigenvalue weighted by atomic mass is 10.0. The lowest BCUT2D eigenvalue weighted by Gasteiger charge is -2.05. The summed E-state index contributed by atoms with van der Waals surface area (Å²) >= 11 is 5.87. The summed E-state index contributed by atoms with van der Waals surface area (Å²) in [6, 6.07) is 15.3. The molecule has 0 saturated carbocycles. The van der Waals surface area contributed by atoms with Crippen molar-refractivity contribution in [2.75, 3.05) is 5.32 Å². The summed E-state index contributed by atoms with van der Waals surface area (Å²) < 4.78 is 0. The number of amides is 1. The molecule has 2 rings (SSSR count). The van der Waals surface area contributed by atoms with E-state index in [0.29, 0.717) is 16.6 Å². The molecule has 0 spiro atoms. The summed E-state index contributed by atoms with van der Waals surface area (Å²) in [6.45, 7) is 4.31. The Kier molecular flexibility index (Phi) is 5.18. The van der Waals surface area contributed by atoms with Gasteiger partial charge < -0.3 is 5.32 Å². The van der Waals surface area contributed by atoms with Crippen LogP contribution in [0.1, 0.15) is 30.9 Å². The average Bonchev–Trinajstić information content (AvgIpc) is 2.45. The molecule has 2 nitrogen and oxygen atoms in total. The number of benzene rings is 2. The second-order valence-corrected chi connectivity index (χ2v) is 5.59. The third-order valence-corrected chi connectivity index (χ3v) is 3.36. The van der Waals surface area contributed by atoms with Crippen LogP contribution >= 0.6 is 11.6 Å². The van der Waals surface area contributed by atoms with E-state index in [4.69, 9.17) is 11.6 Å². The molecule has 3 heteroatoms. The molecule has 0 aliphatic heterocycles. The number of halogens is 1. The molecular formula is C18H18ClNO. The predicted octanol–water partition coefficient (Wildman–Crippen LogP) is 5.12. The second kappa shape index (κ2) is 7.09. The molecule has 0 fully saturated rings. The van der Waals surface area contributed by atoms with E-state index in [0.717, 1.165) is 5.56 Å². The van der Waals surface area contributed by atoms with Gasteiger partial charge in [0.15, 0.2) is 0 Å². The van der Waals surface area contributed by atoms with Crippen LogP contribution in [0.25, 0.3) is 6.08 Å². The Labute approximate surface area is 130 Å². The Morgan fingerprint density at radius 2 is 1.86 bits per heavy atom. The zero-order chi connectivity index (χ0) is 15.2. The smallest absolute Gasteiger partial charge is 0.248 e. The van der Waals surface area contributed by atoms with E-state index >= 15 is 0 Å². The molecule has 108 valence electrons. The Balaban J connectivity index is 1.98. The molecule has 0 bridgehead atoms. The maximum atomic E-state index is 11.8. The first-order chi connectivity index (χ1) is 10.0. The highest BCUT2D eigenvalue weighted by molar-refractivity contribution is 6.30. The molecule has 0 atom stereocenters. The highest BCUT2D eigenvalue weighted by atomic mass is 35.5. The SMILES string of the molecule is CC(C)c1ccc(C=CC(=O)Nc2cccc(Cl)c2)cc1. The molecule has 2 aromatic rings. The van der Waals surface area contributed by atoms with Crippen molar-refractivity contribution >= 4 is 29.3 Å². The molecule has 0 aromatic heterocycles. The number of nitrogens with one attached hydrogen (secondary N) is 1. The number of carbonyl (C=O) groups is 1. The van der Waals surface area contributed by atoms with Gasteiger partial charge >= 0.3 is 0 Å². The quantitative estimate of drug-likeness (QED) is 0.780. The van der Waals surface area contributed by atoms with Crippen LogP contribution < -0.4 is 5.32 Å². The second-order valence-electron chi connectivity index (χ2n) is 5.15. The van der Waals surface area contributed by atoms with E-state index < -0.39 is 0 Å². The van der Waals surface area contributed by atoms with Crippen molar-refractivity contribution in [1.82, 2.24) is 0 Å². The lowest BCUT2D eigenvalue weighted by molar-refractivity contribution is -0.111. The summed E-state index contributed by atoms with van der Waals surface area (Å²) in [5, 5.41) is 3.37. The lowest BCUT2D eigenvalue weighted by Crippen LogP contribution is -2.07. The predicted molar refractivity (Wildman–Crippen MR) is 89.6 cm³/mol. The van der Waals surface area contributed by atoms with E-state index in [1.54, 1.807) is 30.3 Å². The number of carbonyl (C=O) groups excluding carboxylic acids is 1. The Hall–Kier alpha value is -2.06. The minimum atomic E-state index is -0.176. The minimum Gasteiger partial charge on any atom is -0.322 e. The highest BCUT2D eigenvalue weighted by Crippen LogP contribution is 2.16. The average molecular weight is 300 g/mol. The van der Waals surface area contributed by atoms with Crippen molar-refractivity contribution in [1.29, 1.82) is 0 Å². The van der Waals surface area contributed by atoms with E-state index in [-0.39, 0.29) is 5.91 Å². The van der Waals surface area contributed by atoms with Crippen LogP contribution in [0.3, 0.4) is 0 Å². The molecule has 1 amide bonds. The van der Waals surface area contributed by atoms with Gasteiger partial charge in [0.1, 0.15) is 0 Å². The first-order valence-corrected chi connectivity index (χ1v) is 7.27. The largest absolute Gasteiger partial charge is 0.322 e. The fraction of sp³-hybridized carbons (Fsp3) is 0.167. The number of hydrogen-bond acceptors (Lipinski definition) is 1. The van der Waals surface area contributed by atoms with Crippen molar-refractivity contribution in [2.24, 2.45) is 0 Å². The summed E-state index contributed by atoms with van der Waals surface area (Å²) in [5.74, 6) is 0.333. The highest BCUT2D eigenvalue weighted by Gasteiger charge is 2.00. The molecule has 0 aliphatic carbocycles. The molecule has 2 aromatic carbocycles. The summed E-state index contributed by atoms with van der Waals surface area (Å²) in [6.07, 6.45) is 3.31. The van der Waals surface area contributed by atoms with E-state index in [9.17, 15) is 4.79 Å². The molecular weight excluding hydrogens is 282 g/mol. The standard InChI is InChI=1S/C18H18ClNO/c1-13(2)15-9-6-14(7-10-15)8-11-18(21)20-17-5-3-4-16(19)12-17/h3-13H,1-2H3,(H,20,21). The fourth-order valence-corrected chi connectivity index (χ4v) is 2.10. The van der Waals surface area contributed by atoms with Gasteiger partial charge in [0.25, 0.3) is 0 Å². The van der Waals surface area contributed by atoms with Gasteiger partial charge in [-0.1, -0.05) is 55.8 Å². The molecule has 0 saturated heterocycles. The van der Waals surface area contributed by atoms with Crippen LogP contribution in [-0.2, 0) is 4.79 Å². The normalized spacial score (nSPS) is 11.0. The van der Waals surface area contributed by atoms with Gasteiger partial charge in [-0.15, -0.1) is 0 Å². The van der Waals surface area contributed by atoms with E-state index in [1.807, 2.05) is 12.1 Å². The maximum absolute atomic E-state index is 11.8. The van der Waals surface area contributed by atoms with Gasteiger partial charge in [0.2, 0.25) is 5.91 Å². The van der Waals surface area contributed by atoms with Crippen LogP contribution in [0.5, 0.6) is 0 Å². The topological polar surface area (TPSA) is 29.1 Å². The zero-order valence-electron chi connectivity index (χ0n) is 12.1. The molecule has 0 aliphatic rings. The number of rotatable bonds is 4. The van der Waals surface area contributed by atoms with Gasteiger partial charge in [-0.05, 0) is 41.3 Å². The van der Waals surface area contributed by atoms with Gasteiger partial charge in [-0.2, -0.15) is 0 Å². The van der Waals surface area contributed by atoms with Crippen molar-refractivity contribution in [2.45, 2.75) is 19.8 Å². The van der Waals surface area contributed by atoms with Crippen LogP contribution in [0, 0.1) is 0 Å². The van der Waals surface area contributed by atoms with E-state index in [1.165, 1.54) is 11.6 Å². The molecule has 0 heterocycles.